The topological polar surface area (TPSA) is 35.5 Å². The summed E-state index contributed by atoms with van der Waals surface area (Å²) in [4.78, 5) is 2.10. The van der Waals surface area contributed by atoms with Crippen molar-refractivity contribution in [3.05, 3.63) is 28.8 Å². The van der Waals surface area contributed by atoms with Crippen molar-refractivity contribution >= 4 is 0 Å². The number of aryl methyl sites for hydroxylation is 1. The average Bonchev–Trinajstić information content (AvgIpc) is 2.35. The van der Waals surface area contributed by atoms with Gasteiger partial charge in [0.1, 0.15) is 5.75 Å². The molecule has 0 atom stereocenters. The first kappa shape index (κ1) is 13.4. The van der Waals surface area contributed by atoms with Crippen molar-refractivity contribution < 1.29 is 5.11 Å². The number of hydrogen-bond donors (Lipinski definition) is 2. The van der Waals surface area contributed by atoms with E-state index in [1.54, 1.807) is 0 Å². The molecular formula is C15H24N2O. The molecule has 0 unspecified atom stereocenters. The van der Waals surface area contributed by atoms with Crippen LogP contribution in [0.25, 0.3) is 0 Å². The summed E-state index contributed by atoms with van der Waals surface area (Å²) in [6.07, 6.45) is 2.40. The average molecular weight is 248 g/mol. The molecule has 1 aliphatic heterocycles. The number of phenols is 1. The number of rotatable bonds is 3. The predicted octanol–water partition coefficient (Wildman–Crippen LogP) is 2.23. The van der Waals surface area contributed by atoms with E-state index in [2.05, 4.69) is 22.3 Å². The molecule has 3 nitrogen and oxygen atoms in total. The van der Waals surface area contributed by atoms with Crippen molar-refractivity contribution in [1.29, 1.82) is 0 Å². The van der Waals surface area contributed by atoms with Crippen LogP contribution in [0, 0.1) is 6.92 Å². The first-order chi connectivity index (χ1) is 8.58. The van der Waals surface area contributed by atoms with E-state index >= 15 is 0 Å². The monoisotopic (exact) mass is 248 g/mol. The minimum Gasteiger partial charge on any atom is -0.507 e. The molecule has 0 saturated carbocycles. The van der Waals surface area contributed by atoms with Crippen molar-refractivity contribution in [1.82, 2.24) is 10.2 Å². The number of benzene rings is 1. The molecule has 1 fully saturated rings. The number of hydrogen-bond acceptors (Lipinski definition) is 3. The van der Waals surface area contributed by atoms with Gasteiger partial charge in [-0.1, -0.05) is 12.1 Å². The Morgan fingerprint density at radius 3 is 2.56 bits per heavy atom. The molecule has 1 heterocycles. The van der Waals surface area contributed by atoms with Gasteiger partial charge in [0.15, 0.2) is 0 Å². The second-order valence-corrected chi connectivity index (χ2v) is 5.61. The van der Waals surface area contributed by atoms with Gasteiger partial charge in [-0.25, -0.2) is 0 Å². The lowest BCUT2D eigenvalue weighted by molar-refractivity contribution is 0.383. The highest BCUT2D eigenvalue weighted by atomic mass is 16.3. The van der Waals surface area contributed by atoms with Crippen LogP contribution < -0.4 is 5.32 Å². The molecule has 1 aromatic carbocycles. The van der Waals surface area contributed by atoms with Gasteiger partial charge in [0, 0.05) is 12.1 Å². The summed E-state index contributed by atoms with van der Waals surface area (Å²) in [6, 6.07) is 4.35. The molecule has 3 heteroatoms. The SMILES string of the molecule is Cc1cc(C2CCNCC2)cc(CN(C)C)c1O. The minimum absolute atomic E-state index is 0.460. The molecule has 2 rings (SSSR count). The fourth-order valence-corrected chi connectivity index (χ4v) is 2.73. The fraction of sp³-hybridized carbons (Fsp3) is 0.600. The second-order valence-electron chi connectivity index (χ2n) is 5.61. The molecular weight excluding hydrogens is 224 g/mol. The normalized spacial score (nSPS) is 17.3. The van der Waals surface area contributed by atoms with Gasteiger partial charge >= 0.3 is 0 Å². The molecule has 0 bridgehead atoms. The maximum atomic E-state index is 10.1. The molecule has 100 valence electrons. The Hall–Kier alpha value is -1.06. The third-order valence-electron chi connectivity index (χ3n) is 3.70. The molecule has 0 aromatic heterocycles. The minimum atomic E-state index is 0.460. The first-order valence-corrected chi connectivity index (χ1v) is 6.75. The van der Waals surface area contributed by atoms with Crippen LogP contribution in [-0.4, -0.2) is 37.2 Å². The molecule has 1 aromatic rings. The van der Waals surface area contributed by atoms with Gasteiger partial charge in [0.2, 0.25) is 0 Å². The summed E-state index contributed by atoms with van der Waals surface area (Å²) < 4.78 is 0. The Morgan fingerprint density at radius 2 is 1.94 bits per heavy atom. The van der Waals surface area contributed by atoms with Crippen LogP contribution in [0.15, 0.2) is 12.1 Å². The smallest absolute Gasteiger partial charge is 0.122 e. The lowest BCUT2D eigenvalue weighted by atomic mass is 9.88. The molecule has 2 N–H and O–H groups in total. The summed E-state index contributed by atoms with van der Waals surface area (Å²) in [5.74, 6) is 1.10. The summed E-state index contributed by atoms with van der Waals surface area (Å²) in [5.41, 5.74) is 3.44. The Bertz CT molecular complexity index is 409. The van der Waals surface area contributed by atoms with Crippen molar-refractivity contribution in [2.75, 3.05) is 27.2 Å². The van der Waals surface area contributed by atoms with E-state index in [1.807, 2.05) is 21.0 Å². The van der Waals surface area contributed by atoms with E-state index < -0.39 is 0 Å². The quantitative estimate of drug-likeness (QED) is 0.861. The number of nitrogens with zero attached hydrogens (tertiary/aromatic N) is 1. The fourth-order valence-electron chi connectivity index (χ4n) is 2.73. The molecule has 1 saturated heterocycles. The highest BCUT2D eigenvalue weighted by molar-refractivity contribution is 5.44. The van der Waals surface area contributed by atoms with Crippen LogP contribution in [-0.2, 0) is 6.54 Å². The zero-order valence-electron chi connectivity index (χ0n) is 11.7. The molecule has 0 amide bonds. The van der Waals surface area contributed by atoms with E-state index in [1.165, 1.54) is 18.4 Å². The summed E-state index contributed by atoms with van der Waals surface area (Å²) >= 11 is 0. The van der Waals surface area contributed by atoms with Crippen molar-refractivity contribution in [2.24, 2.45) is 0 Å². The van der Waals surface area contributed by atoms with Crippen LogP contribution in [0.5, 0.6) is 5.75 Å². The highest BCUT2D eigenvalue weighted by Crippen LogP contribution is 2.32. The van der Waals surface area contributed by atoms with Crippen LogP contribution in [0.1, 0.15) is 35.4 Å². The van der Waals surface area contributed by atoms with Crippen molar-refractivity contribution in [3.8, 4) is 5.75 Å². The van der Waals surface area contributed by atoms with E-state index in [0.29, 0.717) is 11.7 Å². The van der Waals surface area contributed by atoms with Crippen molar-refractivity contribution in [2.45, 2.75) is 32.2 Å². The van der Waals surface area contributed by atoms with E-state index in [0.717, 1.165) is 30.8 Å². The van der Waals surface area contributed by atoms with Gasteiger partial charge in [0.05, 0.1) is 0 Å². The summed E-state index contributed by atoms with van der Waals surface area (Å²) in [7, 11) is 4.07. The number of phenolic OH excluding ortho intramolecular Hbond substituents is 1. The van der Waals surface area contributed by atoms with Gasteiger partial charge in [-0.3, -0.25) is 0 Å². The van der Waals surface area contributed by atoms with Gasteiger partial charge in [-0.15, -0.1) is 0 Å². The maximum absolute atomic E-state index is 10.1. The number of piperidine rings is 1. The lowest BCUT2D eigenvalue weighted by Gasteiger charge is -2.24. The van der Waals surface area contributed by atoms with Crippen LogP contribution in [0.2, 0.25) is 0 Å². The van der Waals surface area contributed by atoms with E-state index in [9.17, 15) is 5.11 Å². The van der Waals surface area contributed by atoms with E-state index in [4.69, 9.17) is 0 Å². The number of nitrogens with one attached hydrogen (secondary N) is 1. The molecule has 0 aliphatic carbocycles. The molecule has 1 aliphatic rings. The van der Waals surface area contributed by atoms with Crippen LogP contribution in [0.4, 0.5) is 0 Å². The zero-order chi connectivity index (χ0) is 13.1. The van der Waals surface area contributed by atoms with E-state index in [-0.39, 0.29) is 0 Å². The van der Waals surface area contributed by atoms with Gasteiger partial charge in [0.25, 0.3) is 0 Å². The van der Waals surface area contributed by atoms with Gasteiger partial charge < -0.3 is 15.3 Å². The first-order valence-electron chi connectivity index (χ1n) is 6.75. The number of aromatic hydroxyl groups is 1. The Morgan fingerprint density at radius 1 is 1.28 bits per heavy atom. The maximum Gasteiger partial charge on any atom is 0.122 e. The Kier molecular flexibility index (Phi) is 4.25. The third kappa shape index (κ3) is 3.03. The van der Waals surface area contributed by atoms with Crippen LogP contribution >= 0.6 is 0 Å². The largest absolute Gasteiger partial charge is 0.507 e. The third-order valence-corrected chi connectivity index (χ3v) is 3.70. The second kappa shape index (κ2) is 5.72. The van der Waals surface area contributed by atoms with Crippen molar-refractivity contribution in [3.63, 3.8) is 0 Å². The molecule has 0 radical (unpaired) electrons. The Balaban J connectivity index is 2.27. The molecule has 0 spiro atoms. The zero-order valence-corrected chi connectivity index (χ0v) is 11.7. The summed E-state index contributed by atoms with van der Waals surface area (Å²) in [6.45, 7) is 5.01. The van der Waals surface area contributed by atoms with Gasteiger partial charge in [-0.05, 0) is 64.0 Å². The van der Waals surface area contributed by atoms with Gasteiger partial charge in [-0.2, -0.15) is 0 Å². The predicted molar refractivity (Wildman–Crippen MR) is 75.1 cm³/mol. The highest BCUT2D eigenvalue weighted by Gasteiger charge is 2.17. The lowest BCUT2D eigenvalue weighted by Crippen LogP contribution is -2.26. The van der Waals surface area contributed by atoms with Crippen LogP contribution in [0.3, 0.4) is 0 Å². The summed E-state index contributed by atoms with van der Waals surface area (Å²) in [5, 5.41) is 13.5. The molecule has 18 heavy (non-hydrogen) atoms. The standard InChI is InChI=1S/C15H24N2O/c1-11-8-13(12-4-6-16-7-5-12)9-14(15(11)18)10-17(2)3/h8-9,12,16,18H,4-7,10H2,1-3H3. The Labute approximate surface area is 110 Å².